The van der Waals surface area contributed by atoms with Crippen molar-refractivity contribution in [1.82, 2.24) is 5.32 Å². The molecule has 0 saturated heterocycles. The van der Waals surface area contributed by atoms with E-state index in [1.165, 1.54) is 11.1 Å². The molecule has 1 aromatic rings. The molecule has 0 aliphatic heterocycles. The highest BCUT2D eigenvalue weighted by molar-refractivity contribution is 5.39. The first-order valence-electron chi connectivity index (χ1n) is 8.30. The summed E-state index contributed by atoms with van der Waals surface area (Å²) in [5.74, 6) is 0.928. The number of aryl methyl sites for hydroxylation is 1. The van der Waals surface area contributed by atoms with Crippen LogP contribution in [0.15, 0.2) is 18.2 Å². The molecule has 1 aliphatic rings. The van der Waals surface area contributed by atoms with Crippen molar-refractivity contribution in [2.75, 3.05) is 6.54 Å². The van der Waals surface area contributed by atoms with Gasteiger partial charge in [0.05, 0.1) is 6.10 Å². The third-order valence-electron chi connectivity index (χ3n) is 4.28. The number of nitrogens with one attached hydrogen (secondary N) is 1. The van der Waals surface area contributed by atoms with Crippen molar-refractivity contribution in [3.8, 4) is 5.75 Å². The minimum Gasteiger partial charge on any atom is -0.487 e. The van der Waals surface area contributed by atoms with Crippen LogP contribution in [0.25, 0.3) is 0 Å². The highest BCUT2D eigenvalue weighted by atomic mass is 16.5. The number of benzene rings is 1. The molecule has 3 nitrogen and oxygen atoms in total. The summed E-state index contributed by atoms with van der Waals surface area (Å²) in [7, 11) is 0. The standard InChI is InChI=1S/C18H29NO2/c1-4-11-19-14(3)15-10-9-13(2)12-18(15)21-17-8-6-5-7-16(17)20/h9-10,12,14,16-17,19-20H,4-8,11H2,1-3H3. The molecule has 2 N–H and O–H groups in total. The van der Waals surface area contributed by atoms with E-state index >= 15 is 0 Å². The monoisotopic (exact) mass is 291 g/mol. The zero-order valence-electron chi connectivity index (χ0n) is 13.6. The normalized spacial score (nSPS) is 23.8. The van der Waals surface area contributed by atoms with Crippen molar-refractivity contribution < 1.29 is 9.84 Å². The first-order chi connectivity index (χ1) is 10.1. The second-order valence-electron chi connectivity index (χ2n) is 6.23. The van der Waals surface area contributed by atoms with Crippen LogP contribution in [-0.2, 0) is 0 Å². The minimum atomic E-state index is -0.328. The zero-order valence-corrected chi connectivity index (χ0v) is 13.6. The average Bonchev–Trinajstić information content (AvgIpc) is 2.47. The number of aliphatic hydroxyl groups is 1. The van der Waals surface area contributed by atoms with E-state index in [2.05, 4.69) is 44.3 Å². The Kier molecular flexibility index (Phi) is 6.07. The maximum absolute atomic E-state index is 10.1. The lowest BCUT2D eigenvalue weighted by atomic mass is 9.94. The molecule has 3 heteroatoms. The molecule has 3 unspecified atom stereocenters. The maximum Gasteiger partial charge on any atom is 0.124 e. The van der Waals surface area contributed by atoms with Gasteiger partial charge in [0.25, 0.3) is 0 Å². The van der Waals surface area contributed by atoms with E-state index in [4.69, 9.17) is 4.74 Å². The Bertz CT molecular complexity index is 447. The molecule has 0 aromatic heterocycles. The fraction of sp³-hybridized carbons (Fsp3) is 0.667. The molecule has 0 amide bonds. The topological polar surface area (TPSA) is 41.5 Å². The van der Waals surface area contributed by atoms with Crippen molar-refractivity contribution in [2.45, 2.75) is 71.1 Å². The summed E-state index contributed by atoms with van der Waals surface area (Å²) in [5, 5.41) is 13.6. The summed E-state index contributed by atoms with van der Waals surface area (Å²) < 4.78 is 6.19. The highest BCUT2D eigenvalue weighted by Gasteiger charge is 2.26. The lowest BCUT2D eigenvalue weighted by Gasteiger charge is -2.30. The Labute approximate surface area is 128 Å². The third kappa shape index (κ3) is 4.45. The predicted molar refractivity (Wildman–Crippen MR) is 86.8 cm³/mol. The Balaban J connectivity index is 2.14. The summed E-state index contributed by atoms with van der Waals surface area (Å²) >= 11 is 0. The molecule has 0 spiro atoms. The Hall–Kier alpha value is -1.06. The third-order valence-corrected chi connectivity index (χ3v) is 4.28. The maximum atomic E-state index is 10.1. The van der Waals surface area contributed by atoms with Gasteiger partial charge in [-0.1, -0.05) is 25.5 Å². The largest absolute Gasteiger partial charge is 0.487 e. The lowest BCUT2D eigenvalue weighted by molar-refractivity contribution is 0.00616. The Morgan fingerprint density at radius 1 is 1.33 bits per heavy atom. The van der Waals surface area contributed by atoms with Crippen LogP contribution < -0.4 is 10.1 Å². The van der Waals surface area contributed by atoms with Crippen LogP contribution >= 0.6 is 0 Å². The van der Waals surface area contributed by atoms with E-state index in [0.717, 1.165) is 44.4 Å². The lowest BCUT2D eigenvalue weighted by Crippen LogP contribution is -2.35. The van der Waals surface area contributed by atoms with Gasteiger partial charge in [-0.2, -0.15) is 0 Å². The van der Waals surface area contributed by atoms with E-state index in [0.29, 0.717) is 0 Å². The minimum absolute atomic E-state index is 0.0577. The quantitative estimate of drug-likeness (QED) is 0.839. The van der Waals surface area contributed by atoms with Crippen LogP contribution in [0.4, 0.5) is 0 Å². The molecule has 0 bridgehead atoms. The Morgan fingerprint density at radius 2 is 2.10 bits per heavy atom. The summed E-state index contributed by atoms with van der Waals surface area (Å²) in [6.45, 7) is 7.42. The number of rotatable bonds is 6. The number of ether oxygens (including phenoxy) is 1. The van der Waals surface area contributed by atoms with Crippen LogP contribution in [-0.4, -0.2) is 23.9 Å². The van der Waals surface area contributed by atoms with Gasteiger partial charge in [-0.3, -0.25) is 0 Å². The van der Waals surface area contributed by atoms with Gasteiger partial charge in [0.15, 0.2) is 0 Å². The van der Waals surface area contributed by atoms with Gasteiger partial charge in [0.2, 0.25) is 0 Å². The molecule has 0 heterocycles. The van der Waals surface area contributed by atoms with Gasteiger partial charge < -0.3 is 15.2 Å². The number of aliphatic hydroxyl groups excluding tert-OH is 1. The van der Waals surface area contributed by atoms with Crippen molar-refractivity contribution in [3.05, 3.63) is 29.3 Å². The fourth-order valence-electron chi connectivity index (χ4n) is 2.95. The number of hydrogen-bond acceptors (Lipinski definition) is 3. The summed E-state index contributed by atoms with van der Waals surface area (Å²) in [4.78, 5) is 0. The van der Waals surface area contributed by atoms with Crippen molar-refractivity contribution in [2.24, 2.45) is 0 Å². The van der Waals surface area contributed by atoms with E-state index in [1.54, 1.807) is 0 Å². The van der Waals surface area contributed by atoms with Gasteiger partial charge in [0, 0.05) is 11.6 Å². The molecular formula is C18H29NO2. The predicted octanol–water partition coefficient (Wildman–Crippen LogP) is 3.74. The van der Waals surface area contributed by atoms with Crippen LogP contribution in [0.2, 0.25) is 0 Å². The second-order valence-corrected chi connectivity index (χ2v) is 6.23. The van der Waals surface area contributed by atoms with Crippen LogP contribution in [0.5, 0.6) is 5.75 Å². The molecule has 1 saturated carbocycles. The van der Waals surface area contributed by atoms with Crippen molar-refractivity contribution >= 4 is 0 Å². The molecule has 0 radical (unpaired) electrons. The highest BCUT2D eigenvalue weighted by Crippen LogP contribution is 2.30. The van der Waals surface area contributed by atoms with E-state index in [-0.39, 0.29) is 18.2 Å². The Morgan fingerprint density at radius 3 is 2.81 bits per heavy atom. The van der Waals surface area contributed by atoms with Gasteiger partial charge in [0.1, 0.15) is 11.9 Å². The molecule has 3 atom stereocenters. The molecule has 1 aliphatic carbocycles. The fourth-order valence-corrected chi connectivity index (χ4v) is 2.95. The summed E-state index contributed by atoms with van der Waals surface area (Å²) in [5.41, 5.74) is 2.38. The second kappa shape index (κ2) is 7.81. The average molecular weight is 291 g/mol. The van der Waals surface area contributed by atoms with Crippen molar-refractivity contribution in [3.63, 3.8) is 0 Å². The SMILES string of the molecule is CCCNC(C)c1ccc(C)cc1OC1CCCCC1O. The molecule has 21 heavy (non-hydrogen) atoms. The van der Waals surface area contributed by atoms with Crippen LogP contribution in [0.3, 0.4) is 0 Å². The zero-order chi connectivity index (χ0) is 15.2. The van der Waals surface area contributed by atoms with E-state index < -0.39 is 0 Å². The first kappa shape index (κ1) is 16.3. The summed E-state index contributed by atoms with van der Waals surface area (Å²) in [6.07, 6.45) is 4.79. The van der Waals surface area contributed by atoms with E-state index in [9.17, 15) is 5.11 Å². The number of hydrogen-bond donors (Lipinski definition) is 2. The molecule has 1 fully saturated rings. The van der Waals surface area contributed by atoms with Crippen molar-refractivity contribution in [1.29, 1.82) is 0 Å². The van der Waals surface area contributed by atoms with Gasteiger partial charge >= 0.3 is 0 Å². The van der Waals surface area contributed by atoms with Gasteiger partial charge in [-0.05, 0) is 57.7 Å². The molecule has 1 aromatic carbocycles. The summed E-state index contributed by atoms with van der Waals surface area (Å²) in [6, 6.07) is 6.64. The van der Waals surface area contributed by atoms with Gasteiger partial charge in [-0.25, -0.2) is 0 Å². The molecule has 118 valence electrons. The van der Waals surface area contributed by atoms with Crippen LogP contribution in [0, 0.1) is 6.92 Å². The molecule has 2 rings (SSSR count). The molecular weight excluding hydrogens is 262 g/mol. The van der Waals surface area contributed by atoms with Gasteiger partial charge in [-0.15, -0.1) is 0 Å². The first-order valence-corrected chi connectivity index (χ1v) is 8.30. The van der Waals surface area contributed by atoms with E-state index in [1.807, 2.05) is 0 Å². The van der Waals surface area contributed by atoms with Crippen LogP contribution in [0.1, 0.15) is 63.1 Å². The smallest absolute Gasteiger partial charge is 0.124 e.